The number of carbonyl (C=O) groups excluding carboxylic acids is 1. The molecule has 6 rings (SSSR count). The van der Waals surface area contributed by atoms with Gasteiger partial charge in [-0.25, -0.2) is 9.78 Å². The first-order valence-electron chi connectivity index (χ1n) is 16.0. The zero-order chi connectivity index (χ0) is 30.8. The number of aromatic nitrogens is 4. The Morgan fingerprint density at radius 1 is 0.860 bits per heavy atom. The Morgan fingerprint density at radius 2 is 1.49 bits per heavy atom. The summed E-state index contributed by atoms with van der Waals surface area (Å²) in [7, 11) is 0. The van der Waals surface area contributed by atoms with Gasteiger partial charge in [0.15, 0.2) is 0 Å². The highest BCUT2D eigenvalue weighted by atomic mass is 16.5. The van der Waals surface area contributed by atoms with E-state index in [0.29, 0.717) is 12.2 Å². The second-order valence-corrected chi connectivity index (χ2v) is 12.2. The van der Waals surface area contributed by atoms with Crippen LogP contribution in [0.4, 0.5) is 0 Å². The standard InChI is InChI=1S/C37H44N4O2/c1-10-23-19(6)29-17-33-25(12-3)21(8)34(40-33)26-15-27(36(42)43-14-5)37(13-4)22(9)30(41-35(26)37)18-32-24(11-2)20(7)28(39-32)16-31(23)38-29/h15-18,22,38-39H,10-14H2,1-9H3/t22-,37+/m0/s1. The fourth-order valence-electron chi connectivity index (χ4n) is 7.91. The first-order chi connectivity index (χ1) is 20.6. The van der Waals surface area contributed by atoms with E-state index in [-0.39, 0.29) is 11.9 Å². The van der Waals surface area contributed by atoms with Crippen LogP contribution in [0.3, 0.4) is 0 Å². The van der Waals surface area contributed by atoms with E-state index in [9.17, 15) is 4.79 Å². The number of rotatable bonds is 6. The van der Waals surface area contributed by atoms with E-state index in [0.717, 1.165) is 81.7 Å². The molecule has 2 N–H and O–H groups in total. The van der Waals surface area contributed by atoms with Crippen molar-refractivity contribution in [3.63, 3.8) is 0 Å². The summed E-state index contributed by atoms with van der Waals surface area (Å²) in [6.07, 6.45) is 5.48. The summed E-state index contributed by atoms with van der Waals surface area (Å²) in [5.41, 5.74) is 16.8. The number of allylic oxidation sites excluding steroid dienone is 2. The summed E-state index contributed by atoms with van der Waals surface area (Å²) in [5, 5.41) is 0. The van der Waals surface area contributed by atoms with E-state index in [1.165, 1.54) is 27.8 Å². The summed E-state index contributed by atoms with van der Waals surface area (Å²) >= 11 is 0. The minimum absolute atomic E-state index is 0.0103. The molecule has 0 radical (unpaired) electrons. The van der Waals surface area contributed by atoms with Crippen LogP contribution < -0.4 is 0 Å². The van der Waals surface area contributed by atoms with E-state index in [1.807, 2.05) is 13.0 Å². The number of aryl methyl sites for hydroxylation is 4. The van der Waals surface area contributed by atoms with Crippen LogP contribution in [-0.2, 0) is 27.8 Å². The van der Waals surface area contributed by atoms with Gasteiger partial charge in [0.2, 0.25) is 0 Å². The predicted molar refractivity (Wildman–Crippen MR) is 177 cm³/mol. The molecule has 224 valence electrons. The van der Waals surface area contributed by atoms with Gasteiger partial charge in [0.05, 0.1) is 34.7 Å². The highest BCUT2D eigenvalue weighted by Crippen LogP contribution is 2.56. The molecule has 43 heavy (non-hydrogen) atoms. The molecule has 0 spiro atoms. The number of nitrogens with one attached hydrogen (secondary N) is 2. The number of hydrogen-bond donors (Lipinski definition) is 2. The lowest BCUT2D eigenvalue weighted by molar-refractivity contribution is -0.139. The SMILES string of the molecule is CCOC(=O)C1=Cc2c3nc(cc4[nH]c(cc5[nH]c(cc6nc2[C@]1(CC)[C@H]6C)c(CC)c5C)c(CC)c4C)C(CC)=C3C. The molecule has 3 aromatic heterocycles. The molecule has 0 unspecified atom stereocenters. The van der Waals surface area contributed by atoms with Crippen LogP contribution in [0.25, 0.3) is 39.3 Å². The van der Waals surface area contributed by atoms with Crippen molar-refractivity contribution in [3.05, 3.63) is 74.4 Å². The lowest BCUT2D eigenvalue weighted by Crippen LogP contribution is -2.33. The number of esters is 1. The fourth-order valence-corrected chi connectivity index (χ4v) is 7.91. The average molecular weight is 577 g/mol. The van der Waals surface area contributed by atoms with Crippen molar-refractivity contribution in [2.75, 3.05) is 6.61 Å². The van der Waals surface area contributed by atoms with Gasteiger partial charge in [0, 0.05) is 39.2 Å². The maximum absolute atomic E-state index is 13.6. The lowest BCUT2D eigenvalue weighted by atomic mass is 9.69. The molecule has 8 bridgehead atoms. The van der Waals surface area contributed by atoms with Crippen molar-refractivity contribution < 1.29 is 9.53 Å². The second kappa shape index (κ2) is 10.7. The fraction of sp³-hybridized carbons (Fsp3) is 0.432. The number of carbonyl (C=O) groups is 1. The molecule has 1 aliphatic carbocycles. The summed E-state index contributed by atoms with van der Waals surface area (Å²) in [6.45, 7) is 19.8. The summed E-state index contributed by atoms with van der Waals surface area (Å²) in [5.74, 6) is -0.270. The van der Waals surface area contributed by atoms with Crippen molar-refractivity contribution in [3.8, 4) is 0 Å². The Hall–Kier alpha value is -3.93. The van der Waals surface area contributed by atoms with Gasteiger partial charge < -0.3 is 14.7 Å². The van der Waals surface area contributed by atoms with Crippen LogP contribution in [0.5, 0.6) is 0 Å². The van der Waals surface area contributed by atoms with Crippen molar-refractivity contribution in [1.29, 1.82) is 0 Å². The molecule has 6 nitrogen and oxygen atoms in total. The van der Waals surface area contributed by atoms with Gasteiger partial charge in [-0.1, -0.05) is 34.6 Å². The molecule has 0 fully saturated rings. The van der Waals surface area contributed by atoms with Gasteiger partial charge in [-0.3, -0.25) is 4.98 Å². The molecule has 0 saturated carbocycles. The minimum Gasteiger partial charge on any atom is -0.463 e. The van der Waals surface area contributed by atoms with Gasteiger partial charge in [-0.05, 0) is 111 Å². The molecule has 3 aliphatic rings. The average Bonchev–Trinajstić information content (AvgIpc) is 3.72. The summed E-state index contributed by atoms with van der Waals surface area (Å²) < 4.78 is 5.66. The Bertz CT molecular complexity index is 1900. The number of nitrogens with zero attached hydrogens (tertiary/aromatic N) is 2. The van der Waals surface area contributed by atoms with Gasteiger partial charge >= 0.3 is 5.97 Å². The van der Waals surface area contributed by atoms with Crippen LogP contribution in [0.15, 0.2) is 23.8 Å². The topological polar surface area (TPSA) is 83.7 Å². The smallest absolute Gasteiger partial charge is 0.335 e. The third-order valence-corrected chi connectivity index (χ3v) is 10.4. The van der Waals surface area contributed by atoms with Crippen molar-refractivity contribution in [2.45, 2.75) is 99.3 Å². The zero-order valence-electron chi connectivity index (χ0n) is 27.1. The maximum atomic E-state index is 13.6. The largest absolute Gasteiger partial charge is 0.463 e. The third kappa shape index (κ3) is 4.09. The van der Waals surface area contributed by atoms with Crippen molar-refractivity contribution in [1.82, 2.24) is 19.9 Å². The number of ether oxygens (including phenoxy) is 1. The van der Waals surface area contributed by atoms with Gasteiger partial charge in [0.25, 0.3) is 0 Å². The van der Waals surface area contributed by atoms with E-state index in [4.69, 9.17) is 14.7 Å². The lowest BCUT2D eigenvalue weighted by Gasteiger charge is -2.31. The van der Waals surface area contributed by atoms with Crippen molar-refractivity contribution >= 4 is 45.3 Å². The quantitative estimate of drug-likeness (QED) is 0.287. The predicted octanol–water partition coefficient (Wildman–Crippen LogP) is 8.81. The Morgan fingerprint density at radius 3 is 2.07 bits per heavy atom. The number of fused-ring (bicyclic) bond motifs is 8. The molecule has 5 heterocycles. The monoisotopic (exact) mass is 576 g/mol. The first kappa shape index (κ1) is 29.2. The van der Waals surface area contributed by atoms with Gasteiger partial charge in [-0.15, -0.1) is 0 Å². The second-order valence-electron chi connectivity index (χ2n) is 12.2. The van der Waals surface area contributed by atoms with Crippen LogP contribution >= 0.6 is 0 Å². The molecular formula is C37H44N4O2. The van der Waals surface area contributed by atoms with Crippen LogP contribution in [0.2, 0.25) is 0 Å². The Balaban J connectivity index is 1.84. The molecule has 6 heteroatoms. The summed E-state index contributed by atoms with van der Waals surface area (Å²) in [6, 6.07) is 6.69. The highest BCUT2D eigenvalue weighted by molar-refractivity contribution is 6.03. The zero-order valence-corrected chi connectivity index (χ0v) is 27.1. The van der Waals surface area contributed by atoms with E-state index in [2.05, 4.69) is 83.6 Å². The third-order valence-electron chi connectivity index (χ3n) is 10.4. The number of aromatic amines is 2. The summed E-state index contributed by atoms with van der Waals surface area (Å²) in [4.78, 5) is 31.8. The molecule has 0 aromatic carbocycles. The highest BCUT2D eigenvalue weighted by Gasteiger charge is 2.53. The molecule has 0 amide bonds. The molecule has 2 atom stereocenters. The number of H-pyrrole nitrogens is 2. The minimum atomic E-state index is -0.563. The van der Waals surface area contributed by atoms with Crippen LogP contribution in [0, 0.1) is 13.8 Å². The molecule has 0 saturated heterocycles. The van der Waals surface area contributed by atoms with Gasteiger partial charge in [0.1, 0.15) is 0 Å². The van der Waals surface area contributed by atoms with E-state index in [1.54, 1.807) is 0 Å². The number of hydrogen-bond acceptors (Lipinski definition) is 4. The normalized spacial score (nSPS) is 19.3. The molecular weight excluding hydrogens is 532 g/mol. The van der Waals surface area contributed by atoms with E-state index >= 15 is 0 Å². The first-order valence-corrected chi connectivity index (χ1v) is 16.0. The maximum Gasteiger partial charge on any atom is 0.335 e. The van der Waals surface area contributed by atoms with Gasteiger partial charge in [-0.2, -0.15) is 0 Å². The molecule has 2 aliphatic heterocycles. The Kier molecular flexibility index (Phi) is 7.22. The Labute approximate surface area is 254 Å². The van der Waals surface area contributed by atoms with E-state index < -0.39 is 5.41 Å². The molecule has 3 aromatic rings. The van der Waals surface area contributed by atoms with Crippen molar-refractivity contribution in [2.24, 2.45) is 0 Å². The van der Waals surface area contributed by atoms with Crippen LogP contribution in [-0.4, -0.2) is 32.5 Å². The van der Waals surface area contributed by atoms with Crippen LogP contribution in [0.1, 0.15) is 118 Å².